The maximum atomic E-state index is 13.0. The molecule has 18 heavy (non-hydrogen) atoms. The van der Waals surface area contributed by atoms with Crippen molar-refractivity contribution in [3.8, 4) is 0 Å². The second kappa shape index (κ2) is 5.14. The third kappa shape index (κ3) is 3.04. The van der Waals surface area contributed by atoms with Crippen LogP contribution in [0.25, 0.3) is 11.0 Å². The van der Waals surface area contributed by atoms with Gasteiger partial charge in [-0.25, -0.2) is 9.37 Å². The number of aromatic amines is 1. The van der Waals surface area contributed by atoms with Gasteiger partial charge in [0.05, 0.1) is 24.0 Å². The average Bonchev–Trinajstić information content (AvgIpc) is 2.67. The number of carboxylic acids is 1. The smallest absolute Gasteiger partial charge is 0.304 e. The van der Waals surface area contributed by atoms with Gasteiger partial charge in [0.2, 0.25) is 0 Å². The third-order valence-corrected chi connectivity index (χ3v) is 2.62. The van der Waals surface area contributed by atoms with Crippen LogP contribution in [0.2, 0.25) is 0 Å². The summed E-state index contributed by atoms with van der Waals surface area (Å²) in [4.78, 5) is 19.6. The molecule has 0 aliphatic carbocycles. The van der Waals surface area contributed by atoms with E-state index >= 15 is 0 Å². The number of nitrogens with one attached hydrogen (secondary N) is 1. The standard InChI is InChI=1S/C12H14FN3O2/c1-16(5-4-12(17)18)7-11-14-9-3-2-8(13)6-10(9)15-11/h2-3,6H,4-5,7H2,1H3,(H,14,15)(H,17,18). The lowest BCUT2D eigenvalue weighted by Crippen LogP contribution is -2.21. The molecule has 0 saturated heterocycles. The normalized spacial score (nSPS) is 11.3. The van der Waals surface area contributed by atoms with Crippen molar-refractivity contribution >= 4 is 17.0 Å². The molecule has 0 radical (unpaired) electrons. The molecule has 0 spiro atoms. The first-order valence-electron chi connectivity index (χ1n) is 5.59. The molecule has 0 amide bonds. The van der Waals surface area contributed by atoms with Gasteiger partial charge in [-0.3, -0.25) is 9.69 Å². The monoisotopic (exact) mass is 251 g/mol. The Kier molecular flexibility index (Phi) is 3.57. The molecule has 6 heteroatoms. The van der Waals surface area contributed by atoms with Crippen LogP contribution >= 0.6 is 0 Å². The number of halogens is 1. The van der Waals surface area contributed by atoms with Gasteiger partial charge in [0.25, 0.3) is 0 Å². The van der Waals surface area contributed by atoms with E-state index in [1.165, 1.54) is 12.1 Å². The first-order chi connectivity index (χ1) is 8.54. The van der Waals surface area contributed by atoms with Gasteiger partial charge in [0, 0.05) is 6.54 Å². The van der Waals surface area contributed by atoms with Gasteiger partial charge >= 0.3 is 5.97 Å². The summed E-state index contributed by atoms with van der Waals surface area (Å²) in [5, 5.41) is 8.58. The molecule has 0 aliphatic heterocycles. The van der Waals surface area contributed by atoms with Gasteiger partial charge in [-0.15, -0.1) is 0 Å². The van der Waals surface area contributed by atoms with E-state index < -0.39 is 5.97 Å². The van der Waals surface area contributed by atoms with Crippen LogP contribution in [0.15, 0.2) is 18.2 Å². The van der Waals surface area contributed by atoms with E-state index in [0.717, 1.165) is 0 Å². The molecule has 0 fully saturated rings. The predicted octanol–water partition coefficient (Wildman–Crippen LogP) is 1.61. The lowest BCUT2D eigenvalue weighted by Gasteiger charge is -2.12. The minimum absolute atomic E-state index is 0.0886. The highest BCUT2D eigenvalue weighted by atomic mass is 19.1. The van der Waals surface area contributed by atoms with Crippen molar-refractivity contribution in [1.82, 2.24) is 14.9 Å². The SMILES string of the molecule is CN(CCC(=O)O)Cc1nc2ccc(F)cc2[nH]1. The minimum Gasteiger partial charge on any atom is -0.481 e. The van der Waals surface area contributed by atoms with E-state index in [2.05, 4.69) is 9.97 Å². The van der Waals surface area contributed by atoms with Gasteiger partial charge in [-0.2, -0.15) is 0 Å². The molecule has 5 nitrogen and oxygen atoms in total. The third-order valence-electron chi connectivity index (χ3n) is 2.62. The fraction of sp³-hybridized carbons (Fsp3) is 0.333. The molecule has 2 aromatic rings. The Morgan fingerprint density at radius 2 is 2.33 bits per heavy atom. The number of aliphatic carboxylic acids is 1. The van der Waals surface area contributed by atoms with E-state index in [0.29, 0.717) is 29.9 Å². The van der Waals surface area contributed by atoms with Crippen molar-refractivity contribution in [2.45, 2.75) is 13.0 Å². The van der Waals surface area contributed by atoms with Crippen LogP contribution < -0.4 is 0 Å². The molecule has 0 bridgehead atoms. The van der Waals surface area contributed by atoms with E-state index in [4.69, 9.17) is 5.11 Å². The number of hydrogen-bond donors (Lipinski definition) is 2. The maximum Gasteiger partial charge on any atom is 0.304 e. The molecule has 0 aliphatic rings. The van der Waals surface area contributed by atoms with Gasteiger partial charge in [-0.05, 0) is 25.2 Å². The van der Waals surface area contributed by atoms with E-state index in [1.807, 2.05) is 11.9 Å². The number of benzene rings is 1. The molecule has 0 unspecified atom stereocenters. The van der Waals surface area contributed by atoms with Gasteiger partial charge in [0.15, 0.2) is 0 Å². The Morgan fingerprint density at radius 3 is 3.06 bits per heavy atom. The Bertz CT molecular complexity index is 567. The van der Waals surface area contributed by atoms with Gasteiger partial charge in [0.1, 0.15) is 11.6 Å². The van der Waals surface area contributed by atoms with Crippen molar-refractivity contribution in [3.63, 3.8) is 0 Å². The summed E-state index contributed by atoms with van der Waals surface area (Å²) >= 11 is 0. The molecule has 1 aromatic carbocycles. The highest BCUT2D eigenvalue weighted by molar-refractivity contribution is 5.74. The van der Waals surface area contributed by atoms with Crippen molar-refractivity contribution in [1.29, 1.82) is 0 Å². The Hall–Kier alpha value is -1.95. The van der Waals surface area contributed by atoms with Crippen LogP contribution in [0.5, 0.6) is 0 Å². The van der Waals surface area contributed by atoms with Gasteiger partial charge in [-0.1, -0.05) is 0 Å². The first-order valence-corrected chi connectivity index (χ1v) is 5.59. The van der Waals surface area contributed by atoms with E-state index in [-0.39, 0.29) is 12.2 Å². The molecule has 2 rings (SSSR count). The van der Waals surface area contributed by atoms with Crippen molar-refractivity contribution in [2.75, 3.05) is 13.6 Å². The number of carboxylic acid groups (broad SMARTS) is 1. The van der Waals surface area contributed by atoms with Crippen LogP contribution in [0.4, 0.5) is 4.39 Å². The molecular weight excluding hydrogens is 237 g/mol. The van der Waals surface area contributed by atoms with E-state index in [1.54, 1.807) is 6.07 Å². The lowest BCUT2D eigenvalue weighted by molar-refractivity contribution is -0.137. The molecule has 1 heterocycles. The zero-order chi connectivity index (χ0) is 13.1. The average molecular weight is 251 g/mol. The number of hydrogen-bond acceptors (Lipinski definition) is 3. The summed E-state index contributed by atoms with van der Waals surface area (Å²) in [6, 6.07) is 4.37. The summed E-state index contributed by atoms with van der Waals surface area (Å²) < 4.78 is 13.0. The number of rotatable bonds is 5. The van der Waals surface area contributed by atoms with Crippen LogP contribution in [0.3, 0.4) is 0 Å². The largest absolute Gasteiger partial charge is 0.481 e. The molecule has 0 atom stereocenters. The number of imidazole rings is 1. The van der Waals surface area contributed by atoms with Crippen LogP contribution in [-0.2, 0) is 11.3 Å². The fourth-order valence-corrected chi connectivity index (χ4v) is 1.73. The predicted molar refractivity (Wildman–Crippen MR) is 64.6 cm³/mol. The fourth-order valence-electron chi connectivity index (χ4n) is 1.73. The first kappa shape index (κ1) is 12.5. The number of nitrogens with zero attached hydrogens (tertiary/aromatic N) is 2. The van der Waals surface area contributed by atoms with E-state index in [9.17, 15) is 9.18 Å². The Balaban J connectivity index is 2.05. The zero-order valence-electron chi connectivity index (χ0n) is 9.98. The maximum absolute atomic E-state index is 13.0. The molecule has 1 aromatic heterocycles. The molecular formula is C12H14FN3O2. The summed E-state index contributed by atoms with van der Waals surface area (Å²) in [5.41, 5.74) is 1.36. The van der Waals surface area contributed by atoms with Crippen LogP contribution in [0, 0.1) is 5.82 Å². The summed E-state index contributed by atoms with van der Waals surface area (Å²) in [6.45, 7) is 0.949. The number of fused-ring (bicyclic) bond motifs is 1. The molecule has 0 saturated carbocycles. The summed E-state index contributed by atoms with van der Waals surface area (Å²) in [6.07, 6.45) is 0.0886. The molecule has 2 N–H and O–H groups in total. The number of carbonyl (C=O) groups is 1. The van der Waals surface area contributed by atoms with Crippen molar-refractivity contribution < 1.29 is 14.3 Å². The minimum atomic E-state index is -0.825. The zero-order valence-corrected chi connectivity index (χ0v) is 9.98. The quantitative estimate of drug-likeness (QED) is 0.847. The highest BCUT2D eigenvalue weighted by Crippen LogP contribution is 2.13. The second-order valence-electron chi connectivity index (χ2n) is 4.23. The van der Waals surface area contributed by atoms with Crippen molar-refractivity contribution in [2.24, 2.45) is 0 Å². The summed E-state index contributed by atoms with van der Waals surface area (Å²) in [5.74, 6) is -0.436. The number of aromatic nitrogens is 2. The topological polar surface area (TPSA) is 69.2 Å². The Morgan fingerprint density at radius 1 is 1.56 bits per heavy atom. The lowest BCUT2D eigenvalue weighted by atomic mass is 10.3. The van der Waals surface area contributed by atoms with Crippen LogP contribution in [-0.4, -0.2) is 39.5 Å². The Labute approximate surface area is 103 Å². The van der Waals surface area contributed by atoms with Gasteiger partial charge < -0.3 is 10.1 Å². The van der Waals surface area contributed by atoms with Crippen LogP contribution in [0.1, 0.15) is 12.2 Å². The van der Waals surface area contributed by atoms with Crippen molar-refractivity contribution in [3.05, 3.63) is 29.8 Å². The number of H-pyrrole nitrogens is 1. The second-order valence-corrected chi connectivity index (χ2v) is 4.23. The highest BCUT2D eigenvalue weighted by Gasteiger charge is 2.07. The summed E-state index contributed by atoms with van der Waals surface area (Å²) in [7, 11) is 1.82. The molecule has 96 valence electrons.